The van der Waals surface area contributed by atoms with E-state index in [2.05, 4.69) is 9.97 Å². The molecule has 2 aromatic carbocycles. The third kappa shape index (κ3) is 3.89. The van der Waals surface area contributed by atoms with Gasteiger partial charge >= 0.3 is 0 Å². The van der Waals surface area contributed by atoms with Crippen molar-refractivity contribution in [2.75, 3.05) is 29.4 Å². The summed E-state index contributed by atoms with van der Waals surface area (Å²) in [6, 6.07) is 18.6. The maximum atomic E-state index is 12.6. The van der Waals surface area contributed by atoms with E-state index in [-0.39, 0.29) is 12.5 Å². The minimum atomic E-state index is 0.0234. The highest BCUT2D eigenvalue weighted by molar-refractivity contribution is 6.30. The first-order valence-corrected chi connectivity index (χ1v) is 9.26. The van der Waals surface area contributed by atoms with Gasteiger partial charge in [0.05, 0.1) is 6.54 Å². The van der Waals surface area contributed by atoms with Crippen molar-refractivity contribution in [2.45, 2.75) is 0 Å². The van der Waals surface area contributed by atoms with E-state index >= 15 is 0 Å². The molecule has 27 heavy (non-hydrogen) atoms. The summed E-state index contributed by atoms with van der Waals surface area (Å²) in [7, 11) is 0. The lowest BCUT2D eigenvalue weighted by atomic mass is 10.2. The summed E-state index contributed by atoms with van der Waals surface area (Å²) in [6.07, 6.45) is 0. The summed E-state index contributed by atoms with van der Waals surface area (Å²) < 4.78 is 0. The molecule has 0 saturated carbocycles. The topological polar surface area (TPSA) is 49.3 Å². The number of para-hydroxylation sites is 1. The first-order chi connectivity index (χ1) is 13.1. The van der Waals surface area contributed by atoms with Gasteiger partial charge in [-0.2, -0.15) is 0 Å². The fourth-order valence-electron chi connectivity index (χ4n) is 3.05. The van der Waals surface area contributed by atoms with E-state index in [1.165, 1.54) is 0 Å². The van der Waals surface area contributed by atoms with Crippen molar-refractivity contribution in [3.05, 3.63) is 70.8 Å². The lowest BCUT2D eigenvalue weighted by Gasteiger charge is -2.35. The molecule has 0 bridgehead atoms. The van der Waals surface area contributed by atoms with Gasteiger partial charge in [-0.3, -0.25) is 4.79 Å². The summed E-state index contributed by atoms with van der Waals surface area (Å²) >= 11 is 12.2. The average Bonchev–Trinajstić information content (AvgIpc) is 2.68. The van der Waals surface area contributed by atoms with Gasteiger partial charge in [0, 0.05) is 35.4 Å². The minimum absolute atomic E-state index is 0.0234. The van der Waals surface area contributed by atoms with Crippen LogP contribution >= 0.6 is 23.2 Å². The van der Waals surface area contributed by atoms with Crippen LogP contribution in [0.2, 0.25) is 10.2 Å². The minimum Gasteiger partial charge on any atom is -0.345 e. The predicted octanol–water partition coefficient (Wildman–Crippen LogP) is 4.30. The van der Waals surface area contributed by atoms with Gasteiger partial charge in [0.15, 0.2) is 5.82 Å². The Balaban J connectivity index is 1.57. The number of piperazine rings is 1. The number of nitrogens with zero attached hydrogens (tertiary/aromatic N) is 4. The van der Waals surface area contributed by atoms with Crippen LogP contribution in [0.3, 0.4) is 0 Å². The molecule has 0 N–H and O–H groups in total. The van der Waals surface area contributed by atoms with Crippen LogP contribution in [0.15, 0.2) is 60.7 Å². The zero-order valence-electron chi connectivity index (χ0n) is 14.3. The Morgan fingerprint density at radius 3 is 2.33 bits per heavy atom. The summed E-state index contributed by atoms with van der Waals surface area (Å²) in [6.45, 7) is 1.48. The number of carbonyl (C=O) groups excluding carboxylic acids is 1. The molecule has 1 fully saturated rings. The Kier molecular flexibility index (Phi) is 4.97. The van der Waals surface area contributed by atoms with Crippen LogP contribution < -0.4 is 9.80 Å². The van der Waals surface area contributed by atoms with Gasteiger partial charge in [-0.05, 0) is 36.4 Å². The van der Waals surface area contributed by atoms with Gasteiger partial charge in [-0.1, -0.05) is 41.4 Å². The van der Waals surface area contributed by atoms with E-state index in [0.717, 1.165) is 11.3 Å². The van der Waals surface area contributed by atoms with Crippen LogP contribution in [0, 0.1) is 0 Å². The number of halogens is 2. The molecular formula is C20H16Cl2N4O. The average molecular weight is 399 g/mol. The van der Waals surface area contributed by atoms with E-state index in [0.29, 0.717) is 34.9 Å². The summed E-state index contributed by atoms with van der Waals surface area (Å²) in [5.74, 6) is 1.17. The van der Waals surface area contributed by atoms with Crippen LogP contribution in [0.5, 0.6) is 0 Å². The van der Waals surface area contributed by atoms with Crippen molar-refractivity contribution in [1.82, 2.24) is 9.97 Å². The zero-order chi connectivity index (χ0) is 18.8. The number of benzene rings is 2. The van der Waals surface area contributed by atoms with Gasteiger partial charge < -0.3 is 9.80 Å². The summed E-state index contributed by atoms with van der Waals surface area (Å²) in [5.41, 5.74) is 1.72. The van der Waals surface area contributed by atoms with E-state index in [1.54, 1.807) is 23.1 Å². The second-order valence-electron chi connectivity index (χ2n) is 6.18. The van der Waals surface area contributed by atoms with Gasteiger partial charge in [-0.25, -0.2) is 9.97 Å². The van der Waals surface area contributed by atoms with E-state index in [4.69, 9.17) is 23.2 Å². The van der Waals surface area contributed by atoms with Crippen molar-refractivity contribution in [3.63, 3.8) is 0 Å². The standard InChI is InChI=1S/C20H16Cl2N4O/c21-15-8-6-14(7-9-15)20-23-17(22)12-18(24-20)25-10-11-26(19(27)13-25)16-4-2-1-3-5-16/h1-9,12H,10-11,13H2. The van der Waals surface area contributed by atoms with Gasteiger partial charge in [0.25, 0.3) is 0 Å². The second-order valence-corrected chi connectivity index (χ2v) is 7.01. The van der Waals surface area contributed by atoms with Crippen LogP contribution in [0.4, 0.5) is 11.5 Å². The Morgan fingerprint density at radius 1 is 0.889 bits per heavy atom. The molecule has 1 aromatic heterocycles. The maximum Gasteiger partial charge on any atom is 0.246 e. The van der Waals surface area contributed by atoms with Crippen LogP contribution in [0.25, 0.3) is 11.4 Å². The maximum absolute atomic E-state index is 12.6. The molecular weight excluding hydrogens is 383 g/mol. The highest BCUT2D eigenvalue weighted by atomic mass is 35.5. The van der Waals surface area contributed by atoms with Crippen LogP contribution in [-0.2, 0) is 4.79 Å². The summed E-state index contributed by atoms with van der Waals surface area (Å²) in [4.78, 5) is 25.3. The number of carbonyl (C=O) groups is 1. The fourth-order valence-corrected chi connectivity index (χ4v) is 3.35. The Bertz CT molecular complexity index is 963. The number of hydrogen-bond donors (Lipinski definition) is 0. The number of amides is 1. The molecule has 0 spiro atoms. The molecule has 1 amide bonds. The third-order valence-electron chi connectivity index (χ3n) is 4.40. The molecule has 7 heteroatoms. The lowest BCUT2D eigenvalue weighted by molar-refractivity contribution is -0.117. The fraction of sp³-hybridized carbons (Fsp3) is 0.150. The number of aromatic nitrogens is 2. The molecule has 0 atom stereocenters. The predicted molar refractivity (Wildman–Crippen MR) is 108 cm³/mol. The zero-order valence-corrected chi connectivity index (χ0v) is 15.9. The van der Waals surface area contributed by atoms with Gasteiger partial charge in [0.1, 0.15) is 11.0 Å². The smallest absolute Gasteiger partial charge is 0.246 e. The molecule has 5 nitrogen and oxygen atoms in total. The second kappa shape index (κ2) is 7.55. The first-order valence-electron chi connectivity index (χ1n) is 8.51. The monoisotopic (exact) mass is 398 g/mol. The third-order valence-corrected chi connectivity index (χ3v) is 4.84. The molecule has 2 heterocycles. The SMILES string of the molecule is O=C1CN(c2cc(Cl)nc(-c3ccc(Cl)cc3)n2)CCN1c1ccccc1. The quantitative estimate of drug-likeness (QED) is 0.616. The van der Waals surface area contributed by atoms with Crippen molar-refractivity contribution < 1.29 is 4.79 Å². The number of rotatable bonds is 3. The molecule has 1 aliphatic rings. The van der Waals surface area contributed by atoms with E-state index < -0.39 is 0 Å². The summed E-state index contributed by atoms with van der Waals surface area (Å²) in [5, 5.41) is 0.978. The molecule has 1 aliphatic heterocycles. The van der Waals surface area contributed by atoms with Crippen molar-refractivity contribution in [3.8, 4) is 11.4 Å². The highest BCUT2D eigenvalue weighted by Gasteiger charge is 2.26. The first kappa shape index (κ1) is 17.8. The Morgan fingerprint density at radius 2 is 1.63 bits per heavy atom. The molecule has 0 unspecified atom stereocenters. The van der Waals surface area contributed by atoms with E-state index in [9.17, 15) is 4.79 Å². The van der Waals surface area contributed by atoms with Crippen LogP contribution in [-0.4, -0.2) is 35.5 Å². The number of anilines is 2. The molecule has 4 rings (SSSR count). The van der Waals surface area contributed by atoms with Gasteiger partial charge in [0.2, 0.25) is 5.91 Å². The van der Waals surface area contributed by atoms with Crippen molar-refractivity contribution in [2.24, 2.45) is 0 Å². The molecule has 136 valence electrons. The molecule has 0 radical (unpaired) electrons. The van der Waals surface area contributed by atoms with Gasteiger partial charge in [-0.15, -0.1) is 0 Å². The Labute approximate surface area is 167 Å². The molecule has 3 aromatic rings. The molecule has 1 saturated heterocycles. The largest absolute Gasteiger partial charge is 0.345 e. The Hall–Kier alpha value is -2.63. The lowest BCUT2D eigenvalue weighted by Crippen LogP contribution is -2.51. The highest BCUT2D eigenvalue weighted by Crippen LogP contribution is 2.25. The normalized spacial score (nSPS) is 14.5. The number of hydrogen-bond acceptors (Lipinski definition) is 4. The molecule has 0 aliphatic carbocycles. The van der Waals surface area contributed by atoms with Crippen LogP contribution in [0.1, 0.15) is 0 Å². The van der Waals surface area contributed by atoms with Crippen molar-refractivity contribution in [1.29, 1.82) is 0 Å². The van der Waals surface area contributed by atoms with E-state index in [1.807, 2.05) is 47.4 Å². The van der Waals surface area contributed by atoms with Crippen molar-refractivity contribution >= 4 is 40.6 Å².